The summed E-state index contributed by atoms with van der Waals surface area (Å²) in [7, 11) is 0. The molecule has 8 nitrogen and oxygen atoms in total. The van der Waals surface area contributed by atoms with Crippen LogP contribution in [-0.2, 0) is 0 Å². The van der Waals surface area contributed by atoms with Crippen LogP contribution >= 0.6 is 0 Å². The predicted molar refractivity (Wildman–Crippen MR) is 401 cm³/mol. The first-order chi connectivity index (χ1) is 47.2. The Morgan fingerprint density at radius 2 is 0.729 bits per heavy atom. The van der Waals surface area contributed by atoms with Gasteiger partial charge in [-0.15, -0.1) is 0 Å². The fourth-order valence-corrected chi connectivity index (χ4v) is 11.0. The Kier molecular flexibility index (Phi) is 24.1. The van der Waals surface area contributed by atoms with Crippen LogP contribution in [0.1, 0.15) is 83.1 Å². The number of hydrogen-bond donors (Lipinski definition) is 2. The molecule has 0 saturated carbocycles. The molecule has 1 atom stereocenters. The highest BCUT2D eigenvalue weighted by Crippen LogP contribution is 2.38. The van der Waals surface area contributed by atoms with Gasteiger partial charge in [-0.05, 0) is 103 Å². The highest BCUT2D eigenvalue weighted by molar-refractivity contribution is 6.16. The Labute approximate surface area is 561 Å². The van der Waals surface area contributed by atoms with E-state index in [1.807, 2.05) is 255 Å². The van der Waals surface area contributed by atoms with Crippen LogP contribution in [0, 0.1) is 0 Å². The first-order valence-corrected chi connectivity index (χ1v) is 31.7. The minimum absolute atomic E-state index is 0.0330. The first-order valence-electron chi connectivity index (χ1n) is 31.7. The molecule has 96 heavy (non-hydrogen) atoms. The van der Waals surface area contributed by atoms with Crippen LogP contribution in [0.3, 0.4) is 0 Å². The smallest absolute Gasteiger partial charge is 0.186 e. The molecular formula is C88H72N4O4. The lowest BCUT2D eigenvalue weighted by Gasteiger charge is -2.23. The van der Waals surface area contributed by atoms with Crippen LogP contribution in [0.2, 0.25) is 0 Å². The van der Waals surface area contributed by atoms with Crippen LogP contribution in [0.5, 0.6) is 0 Å². The molecule has 15 rings (SSSR count). The molecule has 0 fully saturated rings. The van der Waals surface area contributed by atoms with Crippen molar-refractivity contribution in [3.63, 3.8) is 0 Å². The molecule has 14 aromatic rings. The summed E-state index contributed by atoms with van der Waals surface area (Å²) >= 11 is 0. The molecule has 1 aliphatic heterocycles. The van der Waals surface area contributed by atoms with Gasteiger partial charge >= 0.3 is 0 Å². The van der Waals surface area contributed by atoms with Gasteiger partial charge < -0.3 is 5.43 Å². The van der Waals surface area contributed by atoms with E-state index in [4.69, 9.17) is 10.9 Å². The van der Waals surface area contributed by atoms with Crippen molar-refractivity contribution < 1.29 is 19.2 Å². The molecule has 1 unspecified atom stereocenters. The minimum atomic E-state index is 0.0330. The van der Waals surface area contributed by atoms with Crippen molar-refractivity contribution in [3.8, 4) is 0 Å². The van der Waals surface area contributed by atoms with Gasteiger partial charge in [0.15, 0.2) is 17.3 Å². The van der Waals surface area contributed by atoms with E-state index in [2.05, 4.69) is 107 Å². The highest BCUT2D eigenvalue weighted by Gasteiger charge is 2.30. The molecule has 468 valence electrons. The molecule has 3 N–H and O–H groups in total. The van der Waals surface area contributed by atoms with Crippen molar-refractivity contribution >= 4 is 96.0 Å². The van der Waals surface area contributed by atoms with Crippen LogP contribution in [0.25, 0.3) is 55.2 Å². The van der Waals surface area contributed by atoms with Crippen LogP contribution in [-0.4, -0.2) is 29.3 Å². The van der Waals surface area contributed by atoms with Crippen molar-refractivity contribution in [1.82, 2.24) is 0 Å². The number of Topliss-reactive ketones (excluding diaryl/α,β-unsaturated/α-hetero) is 1. The number of nitrogens with zero attached hydrogens (tertiary/aromatic N) is 2. The van der Waals surface area contributed by atoms with Gasteiger partial charge in [0.2, 0.25) is 0 Å². The van der Waals surface area contributed by atoms with Crippen molar-refractivity contribution in [2.24, 2.45) is 10.9 Å². The topological polar surface area (TPSA) is 122 Å². The fourth-order valence-electron chi connectivity index (χ4n) is 11.0. The zero-order valence-corrected chi connectivity index (χ0v) is 53.3. The molecular weight excluding hydrogens is 1180 g/mol. The number of nitrogen functional groups attached to an aromatic ring is 1. The van der Waals surface area contributed by atoms with Gasteiger partial charge in [-0.2, -0.15) is 5.10 Å². The lowest BCUT2D eigenvalue weighted by Crippen LogP contribution is -2.18. The number of hydrazine groups is 1. The average molecular weight is 1250 g/mol. The summed E-state index contributed by atoms with van der Waals surface area (Å²) in [5.41, 5.74) is 13.3. The molecule has 0 aliphatic carbocycles. The second kappa shape index (κ2) is 34.8. The third-order valence-corrected chi connectivity index (χ3v) is 15.8. The van der Waals surface area contributed by atoms with Gasteiger partial charge in [0.25, 0.3) is 0 Å². The minimum Gasteiger partial charge on any atom is -0.324 e. The zero-order valence-electron chi connectivity index (χ0n) is 53.3. The molecule has 0 aromatic heterocycles. The summed E-state index contributed by atoms with van der Waals surface area (Å²) in [6, 6.07) is 116. The van der Waals surface area contributed by atoms with Crippen molar-refractivity contribution in [2.45, 2.75) is 19.4 Å². The summed E-state index contributed by atoms with van der Waals surface area (Å²) in [5, 5.41) is 16.1. The van der Waals surface area contributed by atoms with Gasteiger partial charge in [0, 0.05) is 39.9 Å². The normalized spacial score (nSPS) is 12.0. The Balaban J connectivity index is 0.000000132. The molecule has 1 heterocycles. The molecule has 1 aliphatic rings. The van der Waals surface area contributed by atoms with Gasteiger partial charge in [-0.1, -0.05) is 340 Å². The third-order valence-electron chi connectivity index (χ3n) is 15.8. The van der Waals surface area contributed by atoms with E-state index in [-0.39, 0.29) is 23.4 Å². The Hall–Kier alpha value is -12.5. The number of carbonyl (C=O) groups excluding carboxylic acids is 4. The molecule has 0 radical (unpaired) electrons. The number of para-hydroxylation sites is 2. The number of carbonyl (C=O) groups is 4. The summed E-state index contributed by atoms with van der Waals surface area (Å²) in [6.45, 7) is 1.60. The number of fused-ring (bicyclic) bond motifs is 4. The van der Waals surface area contributed by atoms with Crippen molar-refractivity contribution in [1.29, 1.82) is 0 Å². The highest BCUT2D eigenvalue weighted by atomic mass is 16.1. The van der Waals surface area contributed by atoms with E-state index in [1.165, 1.54) is 21.9 Å². The van der Waals surface area contributed by atoms with Crippen LogP contribution < -0.4 is 16.3 Å². The summed E-state index contributed by atoms with van der Waals surface area (Å²) in [4.78, 5) is 46.0. The van der Waals surface area contributed by atoms with E-state index in [9.17, 15) is 19.2 Å². The number of benzene rings is 14. The van der Waals surface area contributed by atoms with Gasteiger partial charge in [-0.25, -0.2) is 0 Å². The maximum absolute atomic E-state index is 12.3. The lowest BCUT2D eigenvalue weighted by molar-refractivity contribution is 0.101. The monoisotopic (exact) mass is 1250 g/mol. The second-order valence-electron chi connectivity index (χ2n) is 22.3. The fraction of sp³-hybridized carbons (Fsp3) is 0.0341. The number of hydrogen-bond acceptors (Lipinski definition) is 8. The zero-order chi connectivity index (χ0) is 66.5. The van der Waals surface area contributed by atoms with Crippen molar-refractivity contribution in [2.75, 3.05) is 10.4 Å². The largest absolute Gasteiger partial charge is 0.324 e. The van der Waals surface area contributed by atoms with E-state index < -0.39 is 0 Å². The van der Waals surface area contributed by atoms with Crippen LogP contribution in [0.15, 0.2) is 369 Å². The molecule has 0 amide bonds. The SMILES string of the molecule is CC(=O)c1cccc2ccccc12.NNc1ccccc1.O=C(/C=C/c1ccccc1)c1cccc2ccccc12.O=C(/C=C/c1ccccc1)c1cccc2ccccc12.O=Cc1ccccc1.c1ccc(C2CC(c3cccc4ccccc34)=NN2c2ccccc2)cc1. The maximum atomic E-state index is 12.3. The first kappa shape index (κ1) is 66.4. The number of ketones is 3. The molecule has 0 spiro atoms. The summed E-state index contributed by atoms with van der Waals surface area (Å²) in [6.07, 6.45) is 8.70. The average Bonchev–Trinajstić information content (AvgIpc) is 1.63. The molecule has 8 heteroatoms. The standard InChI is InChI=1S/C25H20N2.2C19H14O.C12H10O.C7H6O.C6H8N2/c1-3-11-20(12-4-1)25-18-24(26-27(25)21-14-5-2-6-15-21)23-17-9-13-19-10-7-8-16-22(19)23;2*20-19(14-13-15-7-2-1-3-8-15)18-12-6-10-16-9-4-5-11-17(16)18;1-9(13)11-8-4-6-10-5-2-3-7-12(10)11;8-6-7-4-2-1-3-5-7;7-8-6-4-2-1-3-5-6/h1-17,25H,18H2;2*1-14H;2-8H,1H3;1-6H;1-5,8H,7H2/b;2*14-13+;;;. The Bertz CT molecular complexity index is 4770. The number of nitrogens with one attached hydrogen (secondary N) is 1. The predicted octanol–water partition coefficient (Wildman–Crippen LogP) is 21.2. The van der Waals surface area contributed by atoms with Crippen LogP contribution in [0.4, 0.5) is 11.4 Å². The Morgan fingerprint density at radius 3 is 1.15 bits per heavy atom. The Morgan fingerprint density at radius 1 is 0.385 bits per heavy atom. The molecule has 0 bridgehead atoms. The van der Waals surface area contributed by atoms with Gasteiger partial charge in [0.1, 0.15) is 6.29 Å². The number of allylic oxidation sites excluding steroid dienone is 2. The quantitative estimate of drug-likeness (QED) is 0.0411. The summed E-state index contributed by atoms with van der Waals surface area (Å²) in [5.74, 6) is 5.29. The number of nitrogens with two attached hydrogens (primary N) is 1. The molecule has 14 aromatic carbocycles. The van der Waals surface area contributed by atoms with E-state index in [1.54, 1.807) is 31.2 Å². The lowest BCUT2D eigenvalue weighted by atomic mass is 9.95. The number of rotatable bonds is 12. The molecule has 0 saturated heterocycles. The van der Waals surface area contributed by atoms with E-state index in [0.29, 0.717) is 0 Å². The number of hydrazone groups is 1. The van der Waals surface area contributed by atoms with Gasteiger partial charge in [0.05, 0.1) is 17.4 Å². The number of aldehydes is 1. The summed E-state index contributed by atoms with van der Waals surface area (Å²) < 4.78 is 0. The van der Waals surface area contributed by atoms with E-state index >= 15 is 0 Å². The van der Waals surface area contributed by atoms with E-state index in [0.717, 1.165) is 95.5 Å². The number of anilines is 2. The second-order valence-corrected chi connectivity index (χ2v) is 22.3. The van der Waals surface area contributed by atoms with Gasteiger partial charge in [-0.3, -0.25) is 30.0 Å². The maximum Gasteiger partial charge on any atom is 0.186 e. The van der Waals surface area contributed by atoms with Crippen molar-refractivity contribution in [3.05, 3.63) is 409 Å². The third kappa shape index (κ3) is 18.4.